The van der Waals surface area contributed by atoms with Crippen molar-refractivity contribution in [3.8, 4) is 0 Å². The molecular formula is C28H33N3O4. The number of nitro groups is 1. The van der Waals surface area contributed by atoms with Crippen LogP contribution in [0.2, 0.25) is 0 Å². The summed E-state index contributed by atoms with van der Waals surface area (Å²) in [5.41, 5.74) is 5.57. The third-order valence-corrected chi connectivity index (χ3v) is 6.32. The molecule has 0 saturated heterocycles. The second-order valence-corrected chi connectivity index (χ2v) is 9.89. The number of aromatic amines is 1. The Hall–Kier alpha value is -3.74. The van der Waals surface area contributed by atoms with Crippen LogP contribution in [-0.4, -0.2) is 26.7 Å². The molecule has 184 valence electrons. The van der Waals surface area contributed by atoms with E-state index >= 15 is 0 Å². The number of H-pyrrole nitrogens is 1. The lowest BCUT2D eigenvalue weighted by atomic mass is 9.85. The maximum absolute atomic E-state index is 11.2. The van der Waals surface area contributed by atoms with Crippen molar-refractivity contribution < 1.29 is 14.8 Å². The highest BCUT2D eigenvalue weighted by molar-refractivity contribution is 5.90. The minimum absolute atomic E-state index is 0.00277. The molecule has 0 radical (unpaired) electrons. The van der Waals surface area contributed by atoms with E-state index in [4.69, 9.17) is 10.5 Å². The Labute approximate surface area is 205 Å². The van der Waals surface area contributed by atoms with Crippen molar-refractivity contribution in [1.82, 2.24) is 4.98 Å². The maximum Gasteiger partial charge on any atom is 0.327 e. The Kier molecular flexibility index (Phi) is 7.89. The number of hydrogen-bond donors (Lipinski definition) is 3. The van der Waals surface area contributed by atoms with Crippen LogP contribution in [-0.2, 0) is 23.1 Å². The number of aryl methyl sites for hydroxylation is 1. The molecule has 0 spiro atoms. The number of carboxylic acids is 1. The Balaban J connectivity index is 1.80. The van der Waals surface area contributed by atoms with E-state index in [1.165, 1.54) is 0 Å². The van der Waals surface area contributed by atoms with Crippen LogP contribution in [0.25, 0.3) is 10.9 Å². The second kappa shape index (κ2) is 10.7. The van der Waals surface area contributed by atoms with Gasteiger partial charge in [-0.2, -0.15) is 0 Å². The van der Waals surface area contributed by atoms with Crippen molar-refractivity contribution >= 4 is 28.3 Å². The quantitative estimate of drug-likeness (QED) is 0.131. The fraction of sp³-hybridized carbons (Fsp3) is 0.357. The average Bonchev–Trinajstić information content (AvgIpc) is 3.17. The van der Waals surface area contributed by atoms with Crippen molar-refractivity contribution in [1.29, 1.82) is 5.41 Å². The van der Waals surface area contributed by atoms with Crippen molar-refractivity contribution in [2.75, 3.05) is 0 Å². The molecular weight excluding hydrogens is 442 g/mol. The summed E-state index contributed by atoms with van der Waals surface area (Å²) < 4.78 is 0. The van der Waals surface area contributed by atoms with Crippen molar-refractivity contribution in [2.24, 2.45) is 0 Å². The molecule has 1 aromatic heterocycles. The summed E-state index contributed by atoms with van der Waals surface area (Å²) >= 11 is 0. The minimum Gasteiger partial charge on any atom is -0.478 e. The van der Waals surface area contributed by atoms with Crippen molar-refractivity contribution in [3.63, 3.8) is 0 Å². The number of nitrogens with one attached hydrogen (secondary N) is 2. The largest absolute Gasteiger partial charge is 0.478 e. The molecule has 0 saturated carbocycles. The molecule has 2 aromatic carbocycles. The molecule has 3 rings (SSSR count). The van der Waals surface area contributed by atoms with Gasteiger partial charge in [-0.15, -0.1) is 0 Å². The van der Waals surface area contributed by atoms with Gasteiger partial charge in [-0.25, -0.2) is 4.79 Å². The molecule has 3 N–H and O–H groups in total. The molecule has 3 aromatic rings. The van der Waals surface area contributed by atoms with Gasteiger partial charge in [-0.3, -0.25) is 10.1 Å². The lowest BCUT2D eigenvalue weighted by molar-refractivity contribution is -0.384. The van der Waals surface area contributed by atoms with Crippen LogP contribution < -0.4 is 0 Å². The first-order valence-corrected chi connectivity index (χ1v) is 11.9. The smallest absolute Gasteiger partial charge is 0.327 e. The molecule has 1 atom stereocenters. The van der Waals surface area contributed by atoms with Crippen LogP contribution in [0.15, 0.2) is 54.6 Å². The number of nitrogens with zero attached hydrogens (tertiary/aromatic N) is 1. The molecule has 1 heterocycles. The summed E-state index contributed by atoms with van der Waals surface area (Å²) in [5.74, 6) is -0.952. The number of hydrogen-bond acceptors (Lipinski definition) is 4. The van der Waals surface area contributed by atoms with E-state index in [9.17, 15) is 14.9 Å². The van der Waals surface area contributed by atoms with Crippen LogP contribution in [0.4, 0.5) is 5.69 Å². The molecule has 0 aliphatic heterocycles. The van der Waals surface area contributed by atoms with Gasteiger partial charge in [0.1, 0.15) is 0 Å². The highest BCUT2D eigenvalue weighted by Crippen LogP contribution is 2.34. The van der Waals surface area contributed by atoms with E-state index in [1.807, 2.05) is 30.3 Å². The lowest BCUT2D eigenvalue weighted by Gasteiger charge is -2.21. The monoisotopic (exact) mass is 475 g/mol. The van der Waals surface area contributed by atoms with Gasteiger partial charge in [0.05, 0.1) is 10.4 Å². The average molecular weight is 476 g/mol. The van der Waals surface area contributed by atoms with E-state index < -0.39 is 5.97 Å². The minimum atomic E-state index is -0.954. The second-order valence-electron chi connectivity index (χ2n) is 9.89. The van der Waals surface area contributed by atoms with Crippen LogP contribution in [0.1, 0.15) is 68.8 Å². The van der Waals surface area contributed by atoms with Gasteiger partial charge in [0, 0.05) is 46.3 Å². The fourth-order valence-electron chi connectivity index (χ4n) is 4.56. The summed E-state index contributed by atoms with van der Waals surface area (Å²) in [4.78, 5) is 24.9. The van der Waals surface area contributed by atoms with E-state index in [1.54, 1.807) is 18.2 Å². The molecule has 0 aliphatic carbocycles. The number of rotatable bonds is 10. The van der Waals surface area contributed by atoms with Crippen LogP contribution in [0, 0.1) is 15.5 Å². The van der Waals surface area contributed by atoms with Gasteiger partial charge in [0.2, 0.25) is 0 Å². The zero-order valence-corrected chi connectivity index (χ0v) is 20.7. The number of carboxylic acid groups (broad SMARTS) is 1. The first-order valence-electron chi connectivity index (χ1n) is 11.9. The van der Waals surface area contributed by atoms with Crippen LogP contribution in [0.3, 0.4) is 0 Å². The standard InChI is InChI=1S/C28H33N3O4/c1-5-21(19-11-9-18(10-12-19)7-6-8-26(32)33)24(29)16-15-23-22-14-13-20(31(34)35)17-25(22)30-27(23)28(2,3)4/h6,8-14,17,21,29-30H,5,7,15-16H2,1-4H3,(H,32,33)/b8-6+,29-24?/t21-/m0/s1. The zero-order valence-electron chi connectivity index (χ0n) is 20.7. The normalized spacial score (nSPS) is 12.8. The molecule has 0 amide bonds. The summed E-state index contributed by atoms with van der Waals surface area (Å²) in [6, 6.07) is 13.0. The Morgan fingerprint density at radius 2 is 1.89 bits per heavy atom. The first-order chi connectivity index (χ1) is 16.5. The van der Waals surface area contributed by atoms with E-state index in [-0.39, 0.29) is 21.9 Å². The number of non-ortho nitro benzene ring substituents is 1. The molecule has 35 heavy (non-hydrogen) atoms. The highest BCUT2D eigenvalue weighted by atomic mass is 16.6. The Bertz CT molecular complexity index is 1260. The highest BCUT2D eigenvalue weighted by Gasteiger charge is 2.24. The zero-order chi connectivity index (χ0) is 25.8. The van der Waals surface area contributed by atoms with Gasteiger partial charge < -0.3 is 15.5 Å². The van der Waals surface area contributed by atoms with E-state index in [0.717, 1.165) is 45.8 Å². The van der Waals surface area contributed by atoms with Gasteiger partial charge >= 0.3 is 5.97 Å². The SMILES string of the molecule is CC[C@H](C(=N)CCc1c(C(C)(C)C)[nH]c2cc([N+](=O)[O-])ccc12)c1ccc(C/C=C/C(=O)O)cc1. The number of nitro benzene ring substituents is 1. The van der Waals surface area contributed by atoms with Crippen LogP contribution in [0.5, 0.6) is 0 Å². The predicted octanol–water partition coefficient (Wildman–Crippen LogP) is 6.70. The predicted molar refractivity (Wildman–Crippen MR) is 140 cm³/mol. The molecule has 0 bridgehead atoms. The topological polar surface area (TPSA) is 120 Å². The van der Waals surface area contributed by atoms with Gasteiger partial charge in [0.15, 0.2) is 0 Å². The Morgan fingerprint density at radius 3 is 2.46 bits per heavy atom. The van der Waals surface area contributed by atoms with Gasteiger partial charge in [0.25, 0.3) is 5.69 Å². The number of fused-ring (bicyclic) bond motifs is 1. The van der Waals surface area contributed by atoms with Gasteiger partial charge in [-0.05, 0) is 48.4 Å². The van der Waals surface area contributed by atoms with Crippen LogP contribution >= 0.6 is 0 Å². The third kappa shape index (κ3) is 6.23. The summed E-state index contributed by atoms with van der Waals surface area (Å²) in [6.45, 7) is 8.42. The third-order valence-electron chi connectivity index (χ3n) is 6.32. The van der Waals surface area contributed by atoms with Crippen molar-refractivity contribution in [2.45, 2.75) is 64.7 Å². The summed E-state index contributed by atoms with van der Waals surface area (Å²) in [6.07, 6.45) is 5.40. The maximum atomic E-state index is 11.2. The molecule has 0 aliphatic rings. The molecule has 0 fully saturated rings. The first kappa shape index (κ1) is 25.9. The number of benzene rings is 2. The summed E-state index contributed by atoms with van der Waals surface area (Å²) in [7, 11) is 0. The number of aliphatic carboxylic acids is 1. The molecule has 7 nitrogen and oxygen atoms in total. The van der Waals surface area contributed by atoms with Crippen molar-refractivity contribution in [3.05, 3.63) is 87.1 Å². The van der Waals surface area contributed by atoms with Gasteiger partial charge in [-0.1, -0.05) is 58.0 Å². The Morgan fingerprint density at radius 1 is 1.20 bits per heavy atom. The molecule has 7 heteroatoms. The summed E-state index contributed by atoms with van der Waals surface area (Å²) in [5, 5.41) is 29.8. The molecule has 0 unspecified atom stereocenters. The fourth-order valence-corrected chi connectivity index (χ4v) is 4.56. The van der Waals surface area contributed by atoms with E-state index in [2.05, 4.69) is 32.7 Å². The number of carbonyl (C=O) groups is 1. The van der Waals surface area contributed by atoms with E-state index in [0.29, 0.717) is 25.0 Å². The number of aromatic nitrogens is 1. The number of allylic oxidation sites excluding steroid dienone is 1. The lowest BCUT2D eigenvalue weighted by Crippen LogP contribution is -2.16.